The van der Waals surface area contributed by atoms with E-state index in [0.29, 0.717) is 6.54 Å². The maximum Gasteiger partial charge on any atom is 0.242 e. The molecule has 0 radical (unpaired) electrons. The quantitative estimate of drug-likeness (QED) is 0.457. The molecule has 0 aromatic carbocycles. The summed E-state index contributed by atoms with van der Waals surface area (Å²) < 4.78 is 5.59. The van der Waals surface area contributed by atoms with E-state index in [2.05, 4.69) is 10.3 Å². The van der Waals surface area contributed by atoms with Gasteiger partial charge in [-0.25, -0.2) is 0 Å². The molecule has 0 spiro atoms. The minimum Gasteiger partial charge on any atom is -0.379 e. The Kier molecular flexibility index (Phi) is 12.2. The predicted molar refractivity (Wildman–Crippen MR) is 129 cm³/mol. The van der Waals surface area contributed by atoms with E-state index < -0.39 is 6.10 Å². The van der Waals surface area contributed by atoms with E-state index in [-0.39, 0.29) is 54.5 Å². The van der Waals surface area contributed by atoms with Crippen LogP contribution in [-0.2, 0) is 25.7 Å². The van der Waals surface area contributed by atoms with E-state index in [1.165, 1.54) is 6.92 Å². The van der Waals surface area contributed by atoms with E-state index in [0.717, 1.165) is 12.0 Å². The number of methoxy groups -OCH3 is 1. The smallest absolute Gasteiger partial charge is 0.242 e. The molecule has 0 aliphatic heterocycles. The number of Topliss-reactive ketones (excluding diaryl/α,β-unsaturated/α-hetero) is 1. The topological polar surface area (TPSA) is 91.8 Å². The van der Waals surface area contributed by atoms with Crippen molar-refractivity contribution in [3.8, 4) is 0 Å². The van der Waals surface area contributed by atoms with Gasteiger partial charge < -0.3 is 15.0 Å². The Morgan fingerprint density at radius 2 is 1.73 bits per heavy atom. The number of aromatic nitrogens is 1. The van der Waals surface area contributed by atoms with Gasteiger partial charge in [-0.2, -0.15) is 0 Å². The van der Waals surface area contributed by atoms with Crippen LogP contribution < -0.4 is 5.32 Å². The first-order chi connectivity index (χ1) is 15.5. The molecule has 186 valence electrons. The fourth-order valence-electron chi connectivity index (χ4n) is 4.31. The summed E-state index contributed by atoms with van der Waals surface area (Å²) in [5, 5.41) is 2.83. The Balaban J connectivity index is 2.86. The number of hydrogen-bond acceptors (Lipinski definition) is 6. The lowest BCUT2D eigenvalue weighted by Gasteiger charge is -2.37. The number of likely N-dealkylation sites (N-methyl/N-ethyl adjacent to an activating group) is 2. The lowest BCUT2D eigenvalue weighted by Crippen LogP contribution is -2.54. The molecule has 2 amide bonds. The fraction of sp³-hybridized carbons (Fsp3) is 0.680. The second-order valence-corrected chi connectivity index (χ2v) is 9.24. The van der Waals surface area contributed by atoms with Crippen molar-refractivity contribution in [1.29, 1.82) is 0 Å². The molecule has 8 nitrogen and oxygen atoms in total. The summed E-state index contributed by atoms with van der Waals surface area (Å²) in [7, 11) is 5.18. The van der Waals surface area contributed by atoms with Crippen LogP contribution in [0, 0.1) is 11.8 Å². The third-order valence-corrected chi connectivity index (χ3v) is 6.21. The van der Waals surface area contributed by atoms with Crippen LogP contribution in [0.3, 0.4) is 0 Å². The molecule has 1 N–H and O–H groups in total. The predicted octanol–water partition coefficient (Wildman–Crippen LogP) is 2.52. The van der Waals surface area contributed by atoms with E-state index in [1.807, 2.05) is 51.8 Å². The summed E-state index contributed by atoms with van der Waals surface area (Å²) in [6.45, 7) is 10.1. The average Bonchev–Trinajstić information content (AvgIpc) is 2.76. The summed E-state index contributed by atoms with van der Waals surface area (Å²) in [6.07, 6.45) is 4.15. The molecule has 0 aliphatic carbocycles. The molecule has 4 atom stereocenters. The zero-order valence-electron chi connectivity index (χ0n) is 21.5. The van der Waals surface area contributed by atoms with Crippen LogP contribution in [-0.4, -0.2) is 78.3 Å². The number of hydrogen-bond donors (Lipinski definition) is 1. The lowest BCUT2D eigenvalue weighted by atomic mass is 9.90. The fourth-order valence-corrected chi connectivity index (χ4v) is 4.31. The zero-order valence-corrected chi connectivity index (χ0v) is 21.5. The third kappa shape index (κ3) is 8.85. The molecule has 33 heavy (non-hydrogen) atoms. The lowest BCUT2D eigenvalue weighted by molar-refractivity contribution is -0.140. The molecule has 1 aromatic rings. The maximum absolute atomic E-state index is 13.0. The van der Waals surface area contributed by atoms with Crippen LogP contribution in [0.15, 0.2) is 24.5 Å². The van der Waals surface area contributed by atoms with Gasteiger partial charge in [0, 0.05) is 39.5 Å². The molecule has 0 unspecified atom stereocenters. The van der Waals surface area contributed by atoms with Crippen LogP contribution in [0.2, 0.25) is 0 Å². The first-order valence-electron chi connectivity index (χ1n) is 11.7. The summed E-state index contributed by atoms with van der Waals surface area (Å²) in [5.41, 5.74) is 1.06. The van der Waals surface area contributed by atoms with Gasteiger partial charge in [0.25, 0.3) is 0 Å². The maximum atomic E-state index is 13.0. The minimum atomic E-state index is -0.392. The van der Waals surface area contributed by atoms with E-state index in [9.17, 15) is 14.4 Å². The molecular weight excluding hydrogens is 420 g/mol. The van der Waals surface area contributed by atoms with Gasteiger partial charge in [0.2, 0.25) is 11.8 Å². The highest BCUT2D eigenvalue weighted by atomic mass is 16.5. The van der Waals surface area contributed by atoms with Gasteiger partial charge in [-0.3, -0.25) is 24.3 Å². The molecule has 1 heterocycles. The molecular formula is C25H42N4O4. The van der Waals surface area contributed by atoms with Crippen LogP contribution in [0.4, 0.5) is 0 Å². The van der Waals surface area contributed by atoms with E-state index in [4.69, 9.17) is 4.74 Å². The van der Waals surface area contributed by atoms with Crippen LogP contribution in [0.25, 0.3) is 0 Å². The molecule has 0 saturated heterocycles. The highest BCUT2D eigenvalue weighted by Crippen LogP contribution is 2.22. The van der Waals surface area contributed by atoms with Crippen molar-refractivity contribution >= 4 is 17.6 Å². The normalized spacial score (nSPS) is 15.1. The molecule has 1 aromatic heterocycles. The number of carbonyl (C=O) groups is 3. The molecule has 8 heteroatoms. The second kappa shape index (κ2) is 14.1. The number of carbonyl (C=O) groups excluding carboxylic acids is 3. The summed E-state index contributed by atoms with van der Waals surface area (Å²) >= 11 is 0. The molecule has 0 aliphatic rings. The first kappa shape index (κ1) is 28.7. The standard InChI is InChI=1S/C25H42N4O4/c1-9-18(4)24(21(33-8)14-19(5)30)29(7)22(31)15-27-25(32)23(17(2)3)28(6)16-20-10-12-26-13-11-20/h10-13,17-18,21,23-24H,9,14-16H2,1-8H3,(H,27,32)/t18-,21+,23-,24-/m0/s1. The molecule has 0 bridgehead atoms. The number of nitrogens with one attached hydrogen (secondary N) is 1. The summed E-state index contributed by atoms with van der Waals surface area (Å²) in [5.74, 6) is -0.185. The Labute approximate surface area is 199 Å². The van der Waals surface area contributed by atoms with E-state index >= 15 is 0 Å². The van der Waals surface area contributed by atoms with Crippen LogP contribution >= 0.6 is 0 Å². The van der Waals surface area contributed by atoms with Crippen molar-refractivity contribution < 1.29 is 19.1 Å². The third-order valence-electron chi connectivity index (χ3n) is 6.21. The number of ketones is 1. The van der Waals surface area contributed by atoms with Gasteiger partial charge in [-0.15, -0.1) is 0 Å². The Morgan fingerprint density at radius 1 is 1.12 bits per heavy atom. The number of nitrogens with zero attached hydrogens (tertiary/aromatic N) is 3. The highest BCUT2D eigenvalue weighted by Gasteiger charge is 2.34. The Morgan fingerprint density at radius 3 is 2.21 bits per heavy atom. The number of pyridine rings is 1. The van der Waals surface area contributed by atoms with Crippen LogP contribution in [0.1, 0.15) is 53.0 Å². The molecule has 1 rings (SSSR count). The Bertz CT molecular complexity index is 756. The van der Waals surface area contributed by atoms with Crippen molar-refractivity contribution in [1.82, 2.24) is 20.1 Å². The number of ether oxygens (including phenoxy) is 1. The monoisotopic (exact) mass is 462 g/mol. The van der Waals surface area contributed by atoms with Gasteiger partial charge in [0.1, 0.15) is 5.78 Å². The minimum absolute atomic E-state index is 0.0151. The van der Waals surface area contributed by atoms with Gasteiger partial charge in [-0.05, 0) is 43.5 Å². The van der Waals surface area contributed by atoms with Crippen molar-refractivity contribution in [2.24, 2.45) is 11.8 Å². The van der Waals surface area contributed by atoms with Crippen molar-refractivity contribution in [3.63, 3.8) is 0 Å². The van der Waals surface area contributed by atoms with Gasteiger partial charge in [-0.1, -0.05) is 34.1 Å². The number of amides is 2. The first-order valence-corrected chi connectivity index (χ1v) is 11.7. The van der Waals surface area contributed by atoms with Crippen molar-refractivity contribution in [2.75, 3.05) is 27.7 Å². The van der Waals surface area contributed by atoms with Gasteiger partial charge >= 0.3 is 0 Å². The highest BCUT2D eigenvalue weighted by molar-refractivity contribution is 5.87. The van der Waals surface area contributed by atoms with Gasteiger partial charge in [0.15, 0.2) is 0 Å². The van der Waals surface area contributed by atoms with Crippen molar-refractivity contribution in [3.05, 3.63) is 30.1 Å². The van der Waals surface area contributed by atoms with Crippen LogP contribution in [0.5, 0.6) is 0 Å². The second-order valence-electron chi connectivity index (χ2n) is 9.24. The summed E-state index contributed by atoms with van der Waals surface area (Å²) in [4.78, 5) is 45.4. The summed E-state index contributed by atoms with van der Waals surface area (Å²) in [6, 6.07) is 3.20. The molecule has 0 fully saturated rings. The van der Waals surface area contributed by atoms with Gasteiger partial charge in [0.05, 0.1) is 24.7 Å². The van der Waals surface area contributed by atoms with E-state index in [1.54, 1.807) is 31.5 Å². The molecule has 0 saturated carbocycles. The largest absolute Gasteiger partial charge is 0.379 e. The van der Waals surface area contributed by atoms with Crippen molar-refractivity contribution in [2.45, 2.75) is 72.2 Å². The Hall–Kier alpha value is -2.32. The zero-order chi connectivity index (χ0) is 25.1. The number of rotatable bonds is 14. The average molecular weight is 463 g/mol. The SMILES string of the molecule is CC[C@H](C)[C@@H]([C@@H](CC(C)=O)OC)N(C)C(=O)CNC(=O)[C@H](C(C)C)N(C)Cc1ccncc1.